The Bertz CT molecular complexity index is 617. The molecule has 116 valence electrons. The summed E-state index contributed by atoms with van der Waals surface area (Å²) in [5, 5.41) is 0.752. The van der Waals surface area contributed by atoms with Crippen LogP contribution < -0.4 is 4.90 Å². The third-order valence-corrected chi connectivity index (χ3v) is 4.51. The van der Waals surface area contributed by atoms with Gasteiger partial charge in [0.2, 0.25) is 0 Å². The molecule has 1 fully saturated rings. The summed E-state index contributed by atoms with van der Waals surface area (Å²) < 4.78 is 5.19. The van der Waals surface area contributed by atoms with Gasteiger partial charge in [0, 0.05) is 36.9 Å². The zero-order valence-corrected chi connectivity index (χ0v) is 13.3. The highest BCUT2D eigenvalue weighted by molar-refractivity contribution is 6.30. The second-order valence-corrected chi connectivity index (χ2v) is 6.02. The first-order valence-electron chi connectivity index (χ1n) is 7.46. The molecule has 0 saturated carbocycles. The normalized spacial score (nSPS) is 15.8. The van der Waals surface area contributed by atoms with Crippen LogP contribution in [0.5, 0.6) is 0 Å². The Hall–Kier alpha value is -1.94. The SMILES string of the molecule is CN(C(=O)c1ccco1)C1CCN(c2ccc(Cl)cc2)CC1. The van der Waals surface area contributed by atoms with E-state index in [1.54, 1.807) is 17.0 Å². The number of furan rings is 1. The lowest BCUT2D eigenvalue weighted by Gasteiger charge is -2.37. The summed E-state index contributed by atoms with van der Waals surface area (Å²) in [5.74, 6) is 0.359. The first-order chi connectivity index (χ1) is 10.6. The van der Waals surface area contributed by atoms with Crippen molar-refractivity contribution >= 4 is 23.2 Å². The van der Waals surface area contributed by atoms with Crippen molar-refractivity contribution in [3.63, 3.8) is 0 Å². The molecule has 2 heterocycles. The van der Waals surface area contributed by atoms with Crippen molar-refractivity contribution in [2.75, 3.05) is 25.0 Å². The minimum Gasteiger partial charge on any atom is -0.459 e. The van der Waals surface area contributed by atoms with Crippen molar-refractivity contribution in [1.82, 2.24) is 4.90 Å². The molecule has 0 radical (unpaired) electrons. The van der Waals surface area contributed by atoms with Crippen LogP contribution in [0, 0.1) is 0 Å². The van der Waals surface area contributed by atoms with Crippen LogP contribution in [0.25, 0.3) is 0 Å². The van der Waals surface area contributed by atoms with E-state index in [4.69, 9.17) is 16.0 Å². The van der Waals surface area contributed by atoms with Gasteiger partial charge in [0.15, 0.2) is 5.76 Å². The molecule has 1 amide bonds. The number of rotatable bonds is 3. The van der Waals surface area contributed by atoms with Gasteiger partial charge in [0.05, 0.1) is 6.26 Å². The van der Waals surface area contributed by atoms with Crippen molar-refractivity contribution in [2.45, 2.75) is 18.9 Å². The van der Waals surface area contributed by atoms with E-state index in [0.29, 0.717) is 5.76 Å². The quantitative estimate of drug-likeness (QED) is 0.866. The predicted molar refractivity (Wildman–Crippen MR) is 87.5 cm³/mol. The van der Waals surface area contributed by atoms with Gasteiger partial charge < -0.3 is 14.2 Å². The molecule has 0 atom stereocenters. The van der Waals surface area contributed by atoms with Crippen LogP contribution in [0.4, 0.5) is 5.69 Å². The van der Waals surface area contributed by atoms with Crippen LogP contribution in [-0.4, -0.2) is 37.0 Å². The lowest BCUT2D eigenvalue weighted by Crippen LogP contribution is -2.45. The number of amides is 1. The molecule has 0 aliphatic carbocycles. The fourth-order valence-corrected chi connectivity index (χ4v) is 3.03. The molecule has 22 heavy (non-hydrogen) atoms. The number of halogens is 1. The molecule has 3 rings (SSSR count). The largest absolute Gasteiger partial charge is 0.459 e. The maximum absolute atomic E-state index is 12.3. The fraction of sp³-hybridized carbons (Fsp3) is 0.353. The number of carbonyl (C=O) groups excluding carboxylic acids is 1. The molecule has 1 aliphatic rings. The molecular weight excluding hydrogens is 300 g/mol. The molecule has 5 heteroatoms. The maximum atomic E-state index is 12.3. The highest BCUT2D eigenvalue weighted by atomic mass is 35.5. The van der Waals surface area contributed by atoms with Crippen LogP contribution in [-0.2, 0) is 0 Å². The summed E-state index contributed by atoms with van der Waals surface area (Å²) in [6.45, 7) is 1.87. The summed E-state index contributed by atoms with van der Waals surface area (Å²) in [5.41, 5.74) is 1.18. The number of anilines is 1. The third-order valence-electron chi connectivity index (χ3n) is 4.26. The van der Waals surface area contributed by atoms with Gasteiger partial charge in [-0.2, -0.15) is 0 Å². The van der Waals surface area contributed by atoms with Gasteiger partial charge in [0.1, 0.15) is 0 Å². The Labute approximate surface area is 135 Å². The molecule has 1 aromatic heterocycles. The van der Waals surface area contributed by atoms with Crippen LogP contribution in [0.3, 0.4) is 0 Å². The molecule has 2 aromatic rings. The monoisotopic (exact) mass is 318 g/mol. The van der Waals surface area contributed by atoms with Gasteiger partial charge in [-0.1, -0.05) is 11.6 Å². The smallest absolute Gasteiger partial charge is 0.289 e. The van der Waals surface area contributed by atoms with Crippen LogP contribution >= 0.6 is 11.6 Å². The zero-order chi connectivity index (χ0) is 15.5. The van der Waals surface area contributed by atoms with Crippen molar-refractivity contribution < 1.29 is 9.21 Å². The summed E-state index contributed by atoms with van der Waals surface area (Å²) >= 11 is 5.93. The van der Waals surface area contributed by atoms with E-state index in [1.807, 2.05) is 31.3 Å². The number of hydrogen-bond donors (Lipinski definition) is 0. The van der Waals surface area contributed by atoms with Crippen LogP contribution in [0.15, 0.2) is 47.1 Å². The summed E-state index contributed by atoms with van der Waals surface area (Å²) in [4.78, 5) is 16.4. The lowest BCUT2D eigenvalue weighted by molar-refractivity contribution is 0.0677. The van der Waals surface area contributed by atoms with Crippen LogP contribution in [0.2, 0.25) is 5.02 Å². The minimum atomic E-state index is -0.0463. The van der Waals surface area contributed by atoms with Gasteiger partial charge in [-0.25, -0.2) is 0 Å². The van der Waals surface area contributed by atoms with Crippen LogP contribution in [0.1, 0.15) is 23.4 Å². The molecule has 0 unspecified atom stereocenters. The third kappa shape index (κ3) is 3.12. The lowest BCUT2D eigenvalue weighted by atomic mass is 10.0. The molecule has 1 aromatic carbocycles. The summed E-state index contributed by atoms with van der Waals surface area (Å²) in [7, 11) is 1.85. The Morgan fingerprint density at radius 2 is 1.91 bits per heavy atom. The van der Waals surface area contributed by atoms with Gasteiger partial charge >= 0.3 is 0 Å². The molecule has 0 spiro atoms. The molecule has 0 N–H and O–H groups in total. The van der Waals surface area contributed by atoms with E-state index < -0.39 is 0 Å². The van der Waals surface area contributed by atoms with Gasteiger partial charge in [-0.3, -0.25) is 4.79 Å². The summed E-state index contributed by atoms with van der Waals surface area (Å²) in [6.07, 6.45) is 3.43. The maximum Gasteiger partial charge on any atom is 0.289 e. The Morgan fingerprint density at radius 1 is 1.23 bits per heavy atom. The number of piperidine rings is 1. The first-order valence-corrected chi connectivity index (χ1v) is 7.84. The fourth-order valence-electron chi connectivity index (χ4n) is 2.90. The molecule has 1 saturated heterocycles. The Morgan fingerprint density at radius 3 is 2.50 bits per heavy atom. The van der Waals surface area contributed by atoms with E-state index in [9.17, 15) is 4.79 Å². The number of nitrogens with zero attached hydrogens (tertiary/aromatic N) is 2. The number of hydrogen-bond acceptors (Lipinski definition) is 3. The van der Waals surface area contributed by atoms with Crippen molar-refractivity contribution in [1.29, 1.82) is 0 Å². The topological polar surface area (TPSA) is 36.7 Å². The molecular formula is C17H19ClN2O2. The molecule has 1 aliphatic heterocycles. The second-order valence-electron chi connectivity index (χ2n) is 5.59. The Balaban J connectivity index is 1.59. The minimum absolute atomic E-state index is 0.0463. The predicted octanol–water partition coefficient (Wildman–Crippen LogP) is 3.67. The first kappa shape index (κ1) is 15.0. The highest BCUT2D eigenvalue weighted by Gasteiger charge is 2.27. The van der Waals surface area contributed by atoms with Gasteiger partial charge in [-0.15, -0.1) is 0 Å². The van der Waals surface area contributed by atoms with Crippen molar-refractivity contribution in [2.24, 2.45) is 0 Å². The van der Waals surface area contributed by atoms with Crippen molar-refractivity contribution in [3.8, 4) is 0 Å². The van der Waals surface area contributed by atoms with E-state index in [0.717, 1.165) is 31.0 Å². The van der Waals surface area contributed by atoms with E-state index in [1.165, 1.54) is 12.0 Å². The number of benzene rings is 1. The standard InChI is InChI=1S/C17H19ClN2O2/c1-19(17(21)16-3-2-12-22-16)14-8-10-20(11-9-14)15-6-4-13(18)5-7-15/h2-7,12,14H,8-11H2,1H3. The van der Waals surface area contributed by atoms with Gasteiger partial charge in [-0.05, 0) is 49.2 Å². The average Bonchev–Trinajstić information content (AvgIpc) is 3.09. The number of carbonyl (C=O) groups is 1. The average molecular weight is 319 g/mol. The summed E-state index contributed by atoms with van der Waals surface area (Å²) in [6, 6.07) is 11.6. The molecule has 4 nitrogen and oxygen atoms in total. The van der Waals surface area contributed by atoms with E-state index in [2.05, 4.69) is 4.90 Å². The van der Waals surface area contributed by atoms with E-state index >= 15 is 0 Å². The highest BCUT2D eigenvalue weighted by Crippen LogP contribution is 2.24. The van der Waals surface area contributed by atoms with Crippen molar-refractivity contribution in [3.05, 3.63) is 53.4 Å². The zero-order valence-electron chi connectivity index (χ0n) is 12.5. The Kier molecular flexibility index (Phi) is 4.39. The van der Waals surface area contributed by atoms with E-state index in [-0.39, 0.29) is 11.9 Å². The second kappa shape index (κ2) is 6.44. The van der Waals surface area contributed by atoms with Gasteiger partial charge in [0.25, 0.3) is 5.91 Å². The molecule has 0 bridgehead atoms.